The number of likely N-dealkylation sites (N-methyl/N-ethyl adjacent to an activating group) is 1. The molecule has 2 bridgehead atoms. The molecule has 0 aromatic heterocycles. The van der Waals surface area contributed by atoms with Crippen LogP contribution in [0.25, 0.3) is 0 Å². The second kappa shape index (κ2) is 7.57. The van der Waals surface area contributed by atoms with Gasteiger partial charge in [0.15, 0.2) is 11.5 Å². The van der Waals surface area contributed by atoms with Crippen molar-refractivity contribution in [2.24, 2.45) is 0 Å². The minimum Gasteiger partial charge on any atom is -0.504 e. The summed E-state index contributed by atoms with van der Waals surface area (Å²) in [5.74, 6) is 0.216. The first-order valence-corrected chi connectivity index (χ1v) is 11.9. The van der Waals surface area contributed by atoms with E-state index >= 15 is 0 Å². The van der Waals surface area contributed by atoms with Gasteiger partial charge in [0.25, 0.3) is 0 Å². The Morgan fingerprint density at radius 3 is 2.79 bits per heavy atom. The van der Waals surface area contributed by atoms with Gasteiger partial charge in [-0.25, -0.2) is 0 Å². The molecule has 5 rings (SSSR count). The summed E-state index contributed by atoms with van der Waals surface area (Å²) in [6.07, 6.45) is 2.85. The van der Waals surface area contributed by atoms with Crippen LogP contribution in [0.15, 0.2) is 12.1 Å². The van der Waals surface area contributed by atoms with Crippen LogP contribution >= 0.6 is 0 Å². The number of aromatic hydroxyl groups is 1. The minimum atomic E-state index is -0.855. The fourth-order valence-corrected chi connectivity index (χ4v) is 7.14. The summed E-state index contributed by atoms with van der Waals surface area (Å²) in [6, 6.07) is 2.87. The molecule has 182 valence electrons. The van der Waals surface area contributed by atoms with Crippen LogP contribution in [-0.4, -0.2) is 83.8 Å². The van der Waals surface area contributed by atoms with E-state index in [4.69, 9.17) is 14.2 Å². The fourth-order valence-electron chi connectivity index (χ4n) is 7.14. The molecule has 33 heavy (non-hydrogen) atoms. The maximum absolute atomic E-state index is 12.8. The summed E-state index contributed by atoms with van der Waals surface area (Å²) in [7, 11) is 3.95. The molecule has 2 unspecified atom stereocenters. The molecule has 0 radical (unpaired) electrons. The Balaban J connectivity index is 1.56. The zero-order valence-electron chi connectivity index (χ0n) is 20.2. The highest BCUT2D eigenvalue weighted by Gasteiger charge is 2.73. The lowest BCUT2D eigenvalue weighted by Gasteiger charge is -2.65. The van der Waals surface area contributed by atoms with Gasteiger partial charge in [-0.1, -0.05) is 6.07 Å². The van der Waals surface area contributed by atoms with Gasteiger partial charge in [-0.15, -0.1) is 0 Å². The normalized spacial score (nSPS) is 35.5. The van der Waals surface area contributed by atoms with E-state index in [0.717, 1.165) is 31.4 Å². The van der Waals surface area contributed by atoms with Crippen LogP contribution in [0.1, 0.15) is 51.2 Å². The van der Waals surface area contributed by atoms with Crippen molar-refractivity contribution in [3.05, 3.63) is 23.3 Å². The van der Waals surface area contributed by atoms with Gasteiger partial charge in [-0.3, -0.25) is 10.1 Å². The number of rotatable bonds is 5. The van der Waals surface area contributed by atoms with E-state index in [1.165, 1.54) is 5.56 Å². The lowest BCUT2D eigenvalue weighted by atomic mass is 9.48. The van der Waals surface area contributed by atoms with Gasteiger partial charge < -0.3 is 29.3 Å². The summed E-state index contributed by atoms with van der Waals surface area (Å²) in [5, 5.41) is 24.1. The number of aliphatic hydroxyl groups excluding tert-OH is 1. The number of methoxy groups -OCH3 is 1. The lowest BCUT2D eigenvalue weighted by Crippen LogP contribution is -2.78. The first kappa shape index (κ1) is 22.9. The molecule has 2 fully saturated rings. The third-order valence-corrected chi connectivity index (χ3v) is 8.34. The molecule has 3 N–H and O–H groups in total. The summed E-state index contributed by atoms with van der Waals surface area (Å²) in [6.45, 7) is 5.97. The standard InChI is InChI=1S/C25H36N2O6/c1-23(2,3)33-22(30)16(13-28)26-15-8-9-25(31-5)18-12-14-6-7-17(29)20-19(14)24(25,21(15)32-20)10-11-27(18)4/h6-7,15-16,18,21,26,28-29H,8-13H2,1-5H3/t15-,16-,18?,21-,24?,25+/m0/s1. The largest absolute Gasteiger partial charge is 0.504 e. The topological polar surface area (TPSA) is 100 Å². The third-order valence-electron chi connectivity index (χ3n) is 8.34. The second-order valence-electron chi connectivity index (χ2n) is 11.1. The van der Waals surface area contributed by atoms with Crippen molar-refractivity contribution >= 4 is 5.97 Å². The van der Waals surface area contributed by atoms with Crippen LogP contribution < -0.4 is 10.1 Å². The Labute approximate surface area is 195 Å². The summed E-state index contributed by atoms with van der Waals surface area (Å²) < 4.78 is 18.5. The number of esters is 1. The number of ether oxygens (including phenoxy) is 3. The number of hydrogen-bond donors (Lipinski definition) is 3. The molecule has 1 aromatic carbocycles. The lowest BCUT2D eigenvalue weighted by molar-refractivity contribution is -0.204. The second-order valence-corrected chi connectivity index (χ2v) is 11.1. The van der Waals surface area contributed by atoms with E-state index < -0.39 is 28.6 Å². The average Bonchev–Trinajstić information content (AvgIpc) is 3.11. The number of carbonyl (C=O) groups excluding carboxylic acids is 1. The van der Waals surface area contributed by atoms with Crippen LogP contribution in [-0.2, 0) is 26.1 Å². The molecule has 4 aliphatic rings. The molecule has 6 atom stereocenters. The molecule has 1 saturated heterocycles. The van der Waals surface area contributed by atoms with Gasteiger partial charge in [0.05, 0.1) is 17.6 Å². The number of carbonyl (C=O) groups is 1. The van der Waals surface area contributed by atoms with E-state index in [0.29, 0.717) is 12.2 Å². The molecular formula is C25H36N2O6. The van der Waals surface area contributed by atoms with Crippen molar-refractivity contribution in [1.29, 1.82) is 0 Å². The predicted octanol–water partition coefficient (Wildman–Crippen LogP) is 1.49. The van der Waals surface area contributed by atoms with Crippen molar-refractivity contribution in [3.8, 4) is 11.5 Å². The molecule has 8 nitrogen and oxygen atoms in total. The molecule has 1 spiro atoms. The van der Waals surface area contributed by atoms with Crippen LogP contribution in [0.4, 0.5) is 0 Å². The Bertz CT molecular complexity index is 961. The quantitative estimate of drug-likeness (QED) is 0.569. The monoisotopic (exact) mass is 460 g/mol. The first-order chi connectivity index (χ1) is 15.6. The summed E-state index contributed by atoms with van der Waals surface area (Å²) in [5.41, 5.74) is 0.734. The highest BCUT2D eigenvalue weighted by atomic mass is 16.6. The van der Waals surface area contributed by atoms with Crippen LogP contribution in [0.5, 0.6) is 11.5 Å². The van der Waals surface area contributed by atoms with Gasteiger partial charge in [0.2, 0.25) is 0 Å². The van der Waals surface area contributed by atoms with Crippen LogP contribution in [0.3, 0.4) is 0 Å². The number of phenolic OH excluding ortho intramolecular Hbond substituents is 1. The first-order valence-electron chi connectivity index (χ1n) is 11.9. The zero-order valence-corrected chi connectivity index (χ0v) is 20.2. The van der Waals surface area contributed by atoms with Crippen molar-refractivity contribution in [3.63, 3.8) is 0 Å². The van der Waals surface area contributed by atoms with E-state index in [-0.39, 0.29) is 30.5 Å². The maximum atomic E-state index is 12.8. The number of benzene rings is 1. The fraction of sp³-hybridized carbons (Fsp3) is 0.720. The number of nitrogens with zero attached hydrogens (tertiary/aromatic N) is 1. The average molecular weight is 461 g/mol. The smallest absolute Gasteiger partial charge is 0.326 e. The van der Waals surface area contributed by atoms with Crippen LogP contribution in [0, 0.1) is 0 Å². The SMILES string of the molecule is CO[C@@]12CC[C@H](N[C@@H](CO)C(=O)OC(C)(C)C)[C@@H]3Oc4c(O)ccc5c4C31CCN(C)C2C5. The highest BCUT2D eigenvalue weighted by Crippen LogP contribution is 2.66. The van der Waals surface area contributed by atoms with Gasteiger partial charge in [0.1, 0.15) is 17.7 Å². The molecule has 8 heteroatoms. The van der Waals surface area contributed by atoms with Gasteiger partial charge >= 0.3 is 5.97 Å². The van der Waals surface area contributed by atoms with Crippen molar-refractivity contribution in [1.82, 2.24) is 10.2 Å². The van der Waals surface area contributed by atoms with Crippen molar-refractivity contribution in [2.75, 3.05) is 27.3 Å². The van der Waals surface area contributed by atoms with E-state index in [2.05, 4.69) is 17.3 Å². The Morgan fingerprint density at radius 2 is 2.12 bits per heavy atom. The molecular weight excluding hydrogens is 424 g/mol. The Hall–Kier alpha value is -1.87. The number of aliphatic hydroxyl groups is 1. The third kappa shape index (κ3) is 3.07. The Morgan fingerprint density at radius 1 is 1.36 bits per heavy atom. The number of likely N-dealkylation sites (tertiary alicyclic amines) is 1. The molecule has 2 heterocycles. The van der Waals surface area contributed by atoms with E-state index in [1.54, 1.807) is 13.2 Å². The number of piperidine rings is 1. The Kier molecular flexibility index (Phi) is 5.25. The van der Waals surface area contributed by atoms with Crippen LogP contribution in [0.2, 0.25) is 0 Å². The van der Waals surface area contributed by atoms with Gasteiger partial charge in [0, 0.05) is 24.8 Å². The van der Waals surface area contributed by atoms with E-state index in [1.807, 2.05) is 26.8 Å². The van der Waals surface area contributed by atoms with Gasteiger partial charge in [-0.2, -0.15) is 0 Å². The molecule has 2 aliphatic heterocycles. The molecule has 0 amide bonds. The number of phenols is 1. The van der Waals surface area contributed by atoms with Crippen molar-refractivity contribution in [2.45, 2.75) is 87.3 Å². The predicted molar refractivity (Wildman–Crippen MR) is 122 cm³/mol. The minimum absolute atomic E-state index is 0.143. The van der Waals surface area contributed by atoms with E-state index in [9.17, 15) is 15.0 Å². The maximum Gasteiger partial charge on any atom is 0.326 e. The van der Waals surface area contributed by atoms with Crippen molar-refractivity contribution < 1.29 is 29.2 Å². The zero-order chi connectivity index (χ0) is 23.8. The van der Waals surface area contributed by atoms with Gasteiger partial charge in [-0.05, 0) is 71.7 Å². The molecule has 1 aromatic rings. The highest BCUT2D eigenvalue weighted by molar-refractivity contribution is 5.76. The molecule has 1 saturated carbocycles. The number of nitrogens with one attached hydrogen (secondary N) is 1. The number of hydrogen-bond acceptors (Lipinski definition) is 8. The molecule has 2 aliphatic carbocycles. The summed E-state index contributed by atoms with van der Waals surface area (Å²) in [4.78, 5) is 15.2. The summed E-state index contributed by atoms with van der Waals surface area (Å²) >= 11 is 0.